The molecule has 0 fully saturated rings. The van der Waals surface area contributed by atoms with Gasteiger partial charge in [0.15, 0.2) is 19.9 Å². The van der Waals surface area contributed by atoms with Crippen LogP contribution in [-0.2, 0) is 26.7 Å². The lowest BCUT2D eigenvalue weighted by molar-refractivity contribution is -0.117. The monoisotopic (exact) mass is 441 g/mol. The van der Waals surface area contributed by atoms with Crippen molar-refractivity contribution in [2.75, 3.05) is 0 Å². The Hall–Kier alpha value is -1.68. The topological polar surface area (TPSA) is 106 Å². The first-order chi connectivity index (χ1) is 13.2. The van der Waals surface area contributed by atoms with E-state index in [9.17, 15) is 18.5 Å². The van der Waals surface area contributed by atoms with Gasteiger partial charge in [0.05, 0.1) is 12.0 Å². The molecule has 0 saturated carbocycles. The normalized spacial score (nSPS) is 14.3. The van der Waals surface area contributed by atoms with E-state index in [-0.39, 0.29) is 27.3 Å². The molecule has 9 heteroatoms. The molecule has 3 N–H and O–H groups in total. The average Bonchev–Trinajstić information content (AvgIpc) is 2.97. The summed E-state index contributed by atoms with van der Waals surface area (Å²) in [5, 5.41) is 15.8. The molecule has 0 aliphatic heterocycles. The Bertz CT molecular complexity index is 1000. The quantitative estimate of drug-likeness (QED) is 0.700. The Morgan fingerprint density at radius 2 is 1.79 bits per heavy atom. The molecule has 0 aliphatic carbocycles. The van der Waals surface area contributed by atoms with E-state index in [1.807, 2.05) is 27.7 Å². The van der Waals surface area contributed by atoms with Crippen LogP contribution in [-0.4, -0.2) is 20.2 Å². The zero-order valence-corrected chi connectivity index (χ0v) is 19.2. The molecule has 0 aliphatic rings. The minimum Gasteiger partial charge on any atom is -0.385 e. The standard InChI is InChI=1S/C20H28FN3O3S2/c1-11(2)14-9-23-10-15(12(3)4)13(14)7-18(25)24-29(22,27)19-16(21)8-17(28-19)20(5,6)26/h8-12,26H,7H2,1-6H3,(H2,22,24,25,27). The smallest absolute Gasteiger partial charge is 0.259 e. The minimum atomic E-state index is -3.77. The molecule has 0 radical (unpaired) electrons. The van der Waals surface area contributed by atoms with Crippen molar-refractivity contribution >= 4 is 27.2 Å². The molecular weight excluding hydrogens is 413 g/mol. The fourth-order valence-corrected chi connectivity index (χ4v) is 5.36. The zero-order valence-electron chi connectivity index (χ0n) is 17.5. The van der Waals surface area contributed by atoms with E-state index in [1.165, 1.54) is 13.8 Å². The molecule has 2 aromatic heterocycles. The second-order valence-electron chi connectivity index (χ2n) is 8.14. The predicted octanol–water partition coefficient (Wildman–Crippen LogP) is 4.23. The molecule has 1 atom stereocenters. The Balaban J connectivity index is 2.46. The van der Waals surface area contributed by atoms with E-state index in [1.54, 1.807) is 12.4 Å². The minimum absolute atomic E-state index is 0.0942. The summed E-state index contributed by atoms with van der Waals surface area (Å²) in [6, 6.07) is 1.07. The third-order valence-corrected chi connectivity index (χ3v) is 7.84. The van der Waals surface area contributed by atoms with Crippen LogP contribution >= 0.6 is 11.3 Å². The summed E-state index contributed by atoms with van der Waals surface area (Å²) in [4.78, 5) is 17.2. The van der Waals surface area contributed by atoms with Crippen molar-refractivity contribution in [3.8, 4) is 0 Å². The number of nitrogens with zero attached hydrogens (tertiary/aromatic N) is 2. The fraction of sp³-hybridized carbons (Fsp3) is 0.500. The van der Waals surface area contributed by atoms with Gasteiger partial charge < -0.3 is 5.11 Å². The highest BCUT2D eigenvalue weighted by atomic mass is 32.2. The van der Waals surface area contributed by atoms with Gasteiger partial charge >= 0.3 is 0 Å². The molecule has 2 heterocycles. The number of thiophene rings is 1. The van der Waals surface area contributed by atoms with Crippen LogP contribution < -0.4 is 5.14 Å². The van der Waals surface area contributed by atoms with Gasteiger partial charge in [-0.15, -0.1) is 15.7 Å². The van der Waals surface area contributed by atoms with Crippen LogP contribution in [0.5, 0.6) is 0 Å². The van der Waals surface area contributed by atoms with Crippen LogP contribution in [0.1, 0.15) is 74.9 Å². The summed E-state index contributed by atoms with van der Waals surface area (Å²) in [5.74, 6) is -1.26. The van der Waals surface area contributed by atoms with Gasteiger partial charge in [-0.05, 0) is 48.4 Å². The van der Waals surface area contributed by atoms with Gasteiger partial charge in [0, 0.05) is 17.3 Å². The highest BCUT2D eigenvalue weighted by Gasteiger charge is 2.26. The van der Waals surface area contributed by atoms with Crippen molar-refractivity contribution < 1.29 is 18.5 Å². The Labute approximate surface area is 175 Å². The number of hydrogen-bond acceptors (Lipinski definition) is 5. The van der Waals surface area contributed by atoms with Crippen LogP contribution in [0.3, 0.4) is 0 Å². The zero-order chi connectivity index (χ0) is 22.1. The molecular formula is C20H28FN3O3S2. The number of hydrogen-bond donors (Lipinski definition) is 2. The lowest BCUT2D eigenvalue weighted by atomic mass is 9.89. The lowest BCUT2D eigenvalue weighted by Crippen LogP contribution is -2.17. The highest BCUT2D eigenvalue weighted by molar-refractivity contribution is 7.93. The summed E-state index contributed by atoms with van der Waals surface area (Å²) < 4.78 is 30.5. The number of carbonyl (C=O) groups excluding carboxylic acids is 1. The van der Waals surface area contributed by atoms with Gasteiger partial charge in [0.2, 0.25) is 0 Å². The SMILES string of the molecule is CC(C)c1cncc(C(C)C)c1CC(=O)N=S(N)(=O)c1sc(C(C)(C)O)cc1F. The van der Waals surface area contributed by atoms with Gasteiger partial charge in [-0.2, -0.15) is 0 Å². The maximum Gasteiger partial charge on any atom is 0.259 e. The Morgan fingerprint density at radius 3 is 2.21 bits per heavy atom. The van der Waals surface area contributed by atoms with Crippen molar-refractivity contribution in [3.63, 3.8) is 0 Å². The van der Waals surface area contributed by atoms with E-state index >= 15 is 0 Å². The first-order valence-electron chi connectivity index (χ1n) is 9.30. The van der Waals surface area contributed by atoms with E-state index in [0.717, 1.165) is 34.1 Å². The number of amides is 1. The fourth-order valence-electron chi connectivity index (χ4n) is 2.95. The van der Waals surface area contributed by atoms with Crippen molar-refractivity contribution in [2.24, 2.45) is 9.50 Å². The molecule has 1 unspecified atom stereocenters. The van der Waals surface area contributed by atoms with Gasteiger partial charge in [-0.1, -0.05) is 27.7 Å². The maximum absolute atomic E-state index is 14.3. The van der Waals surface area contributed by atoms with Crippen molar-refractivity contribution in [1.29, 1.82) is 0 Å². The maximum atomic E-state index is 14.3. The van der Waals surface area contributed by atoms with Crippen molar-refractivity contribution in [3.05, 3.63) is 45.8 Å². The second-order valence-corrected chi connectivity index (χ2v) is 11.2. The Kier molecular flexibility index (Phi) is 6.99. The summed E-state index contributed by atoms with van der Waals surface area (Å²) in [6.45, 7) is 10.9. The number of nitrogens with two attached hydrogens (primary N) is 1. The van der Waals surface area contributed by atoms with Gasteiger partial charge in [-0.3, -0.25) is 9.78 Å². The van der Waals surface area contributed by atoms with Crippen LogP contribution in [0, 0.1) is 5.82 Å². The second kappa shape index (κ2) is 8.59. The summed E-state index contributed by atoms with van der Waals surface area (Å²) in [7, 11) is -3.77. The molecule has 0 spiro atoms. The van der Waals surface area contributed by atoms with Crippen LogP contribution in [0.4, 0.5) is 4.39 Å². The number of halogens is 1. The lowest BCUT2D eigenvalue weighted by Gasteiger charge is -2.17. The number of carbonyl (C=O) groups is 1. The van der Waals surface area contributed by atoms with Crippen LogP contribution in [0.15, 0.2) is 27.0 Å². The van der Waals surface area contributed by atoms with E-state index in [4.69, 9.17) is 5.14 Å². The molecule has 0 saturated heterocycles. The van der Waals surface area contributed by atoms with E-state index in [0.29, 0.717) is 0 Å². The van der Waals surface area contributed by atoms with Crippen molar-refractivity contribution in [2.45, 2.75) is 69.6 Å². The van der Waals surface area contributed by atoms with Gasteiger partial charge in [0.25, 0.3) is 5.91 Å². The highest BCUT2D eigenvalue weighted by Crippen LogP contribution is 2.33. The molecule has 0 bridgehead atoms. The van der Waals surface area contributed by atoms with Gasteiger partial charge in [0.1, 0.15) is 0 Å². The largest absolute Gasteiger partial charge is 0.385 e. The number of aliphatic hydroxyl groups is 1. The average molecular weight is 442 g/mol. The first kappa shape index (κ1) is 23.6. The molecule has 0 aromatic carbocycles. The van der Waals surface area contributed by atoms with E-state index in [2.05, 4.69) is 9.35 Å². The van der Waals surface area contributed by atoms with E-state index < -0.39 is 27.2 Å². The summed E-state index contributed by atoms with van der Waals surface area (Å²) in [5.41, 5.74) is 1.29. The van der Waals surface area contributed by atoms with Crippen molar-refractivity contribution in [1.82, 2.24) is 4.98 Å². The predicted molar refractivity (Wildman–Crippen MR) is 114 cm³/mol. The molecule has 6 nitrogen and oxygen atoms in total. The molecule has 29 heavy (non-hydrogen) atoms. The molecule has 2 aromatic rings. The van der Waals surface area contributed by atoms with Crippen LogP contribution in [0.25, 0.3) is 0 Å². The molecule has 1 amide bonds. The number of rotatable bonds is 6. The summed E-state index contributed by atoms with van der Waals surface area (Å²) in [6.07, 6.45) is 3.34. The number of aromatic nitrogens is 1. The third-order valence-electron chi connectivity index (χ3n) is 4.46. The molecule has 2 rings (SSSR count). The summed E-state index contributed by atoms with van der Waals surface area (Å²) >= 11 is 0.756. The Morgan fingerprint density at radius 1 is 1.28 bits per heavy atom. The third kappa shape index (κ3) is 5.48. The van der Waals surface area contributed by atoms with Crippen LogP contribution in [0.2, 0.25) is 0 Å². The number of pyridine rings is 1. The van der Waals surface area contributed by atoms with Gasteiger partial charge in [-0.25, -0.2) is 13.7 Å². The molecule has 160 valence electrons. The first-order valence-corrected chi connectivity index (χ1v) is 11.7.